The van der Waals surface area contributed by atoms with Crippen LogP contribution in [0.4, 0.5) is 5.69 Å². The Bertz CT molecular complexity index is 360. The van der Waals surface area contributed by atoms with E-state index in [4.69, 9.17) is 9.47 Å². The van der Waals surface area contributed by atoms with E-state index in [-0.39, 0.29) is 0 Å². The van der Waals surface area contributed by atoms with Crippen LogP contribution in [-0.4, -0.2) is 19.8 Å². The SMILES string of the molecule is CCCC(CCC)Nc1ccc(OCC)c(OC)c1. The first-order chi connectivity index (χ1) is 9.24. The number of nitrogens with one attached hydrogen (secondary N) is 1. The molecule has 0 saturated heterocycles. The highest BCUT2D eigenvalue weighted by Gasteiger charge is 2.09. The van der Waals surface area contributed by atoms with Gasteiger partial charge in [-0.1, -0.05) is 26.7 Å². The molecule has 0 radical (unpaired) electrons. The van der Waals surface area contributed by atoms with Crippen LogP contribution in [0.25, 0.3) is 0 Å². The lowest BCUT2D eigenvalue weighted by atomic mass is 10.1. The number of anilines is 1. The molecule has 1 N–H and O–H groups in total. The van der Waals surface area contributed by atoms with Gasteiger partial charge in [-0.3, -0.25) is 0 Å². The normalized spacial score (nSPS) is 10.6. The summed E-state index contributed by atoms with van der Waals surface area (Å²) in [4.78, 5) is 0. The van der Waals surface area contributed by atoms with E-state index in [1.54, 1.807) is 7.11 Å². The molecule has 0 amide bonds. The van der Waals surface area contributed by atoms with Crippen LogP contribution in [0.15, 0.2) is 18.2 Å². The Morgan fingerprint density at radius 2 is 1.74 bits per heavy atom. The van der Waals surface area contributed by atoms with Gasteiger partial charge in [-0.05, 0) is 31.9 Å². The fourth-order valence-corrected chi connectivity index (χ4v) is 2.25. The molecule has 0 spiro atoms. The van der Waals surface area contributed by atoms with Crippen molar-refractivity contribution in [2.75, 3.05) is 19.0 Å². The third-order valence-corrected chi connectivity index (χ3v) is 3.11. The molecule has 1 rings (SSSR count). The van der Waals surface area contributed by atoms with Crippen LogP contribution in [0.1, 0.15) is 46.5 Å². The third-order valence-electron chi connectivity index (χ3n) is 3.11. The molecule has 0 atom stereocenters. The molecule has 3 heteroatoms. The summed E-state index contributed by atoms with van der Waals surface area (Å²) in [6.07, 6.45) is 4.80. The van der Waals surface area contributed by atoms with Crippen LogP contribution in [0.2, 0.25) is 0 Å². The molecule has 0 aliphatic heterocycles. The van der Waals surface area contributed by atoms with Gasteiger partial charge in [0.2, 0.25) is 0 Å². The summed E-state index contributed by atoms with van der Waals surface area (Å²) < 4.78 is 10.9. The molecule has 3 nitrogen and oxygen atoms in total. The van der Waals surface area contributed by atoms with Crippen molar-refractivity contribution in [3.05, 3.63) is 18.2 Å². The van der Waals surface area contributed by atoms with Crippen LogP contribution in [0, 0.1) is 0 Å². The van der Waals surface area contributed by atoms with Gasteiger partial charge in [-0.25, -0.2) is 0 Å². The van der Waals surface area contributed by atoms with Crippen LogP contribution in [0.3, 0.4) is 0 Å². The van der Waals surface area contributed by atoms with E-state index in [1.807, 2.05) is 19.1 Å². The van der Waals surface area contributed by atoms with Gasteiger partial charge in [0.15, 0.2) is 11.5 Å². The second-order valence-corrected chi connectivity index (χ2v) is 4.72. The highest BCUT2D eigenvalue weighted by atomic mass is 16.5. The van der Waals surface area contributed by atoms with Gasteiger partial charge in [0.25, 0.3) is 0 Å². The summed E-state index contributed by atoms with van der Waals surface area (Å²) in [5, 5.41) is 3.59. The van der Waals surface area contributed by atoms with E-state index in [2.05, 4.69) is 25.2 Å². The summed E-state index contributed by atoms with van der Waals surface area (Å²) in [6.45, 7) is 7.08. The Hall–Kier alpha value is -1.38. The Morgan fingerprint density at radius 1 is 1.05 bits per heavy atom. The van der Waals surface area contributed by atoms with Gasteiger partial charge in [0.05, 0.1) is 13.7 Å². The van der Waals surface area contributed by atoms with Crippen LogP contribution < -0.4 is 14.8 Å². The molecule has 0 saturated carbocycles. The second kappa shape index (κ2) is 8.68. The smallest absolute Gasteiger partial charge is 0.162 e. The van der Waals surface area contributed by atoms with Gasteiger partial charge in [0, 0.05) is 17.8 Å². The number of methoxy groups -OCH3 is 1. The minimum absolute atomic E-state index is 0.539. The maximum absolute atomic E-state index is 5.53. The largest absolute Gasteiger partial charge is 0.493 e. The Balaban J connectivity index is 2.77. The first-order valence-corrected chi connectivity index (χ1v) is 7.32. The zero-order valence-electron chi connectivity index (χ0n) is 12.7. The highest BCUT2D eigenvalue weighted by Crippen LogP contribution is 2.30. The van der Waals surface area contributed by atoms with E-state index >= 15 is 0 Å². The first-order valence-electron chi connectivity index (χ1n) is 7.32. The number of hydrogen-bond donors (Lipinski definition) is 1. The van der Waals surface area contributed by atoms with Gasteiger partial charge in [-0.15, -0.1) is 0 Å². The number of ether oxygens (including phenoxy) is 2. The van der Waals surface area contributed by atoms with Gasteiger partial charge >= 0.3 is 0 Å². The minimum atomic E-state index is 0.539. The molecule has 0 fully saturated rings. The molecule has 0 aromatic heterocycles. The standard InChI is InChI=1S/C16H27NO2/c1-5-8-13(9-6-2)17-14-10-11-15(19-7-3)16(12-14)18-4/h10-13,17H,5-9H2,1-4H3. The van der Waals surface area contributed by atoms with Crippen LogP contribution >= 0.6 is 0 Å². The van der Waals surface area contributed by atoms with Crippen LogP contribution in [-0.2, 0) is 0 Å². The van der Waals surface area contributed by atoms with Crippen molar-refractivity contribution < 1.29 is 9.47 Å². The third kappa shape index (κ3) is 5.01. The maximum Gasteiger partial charge on any atom is 0.162 e. The van der Waals surface area contributed by atoms with Gasteiger partial charge < -0.3 is 14.8 Å². The lowest BCUT2D eigenvalue weighted by Gasteiger charge is -2.20. The lowest BCUT2D eigenvalue weighted by Crippen LogP contribution is -2.18. The fourth-order valence-electron chi connectivity index (χ4n) is 2.25. The summed E-state index contributed by atoms with van der Waals surface area (Å²) in [5.41, 5.74) is 1.10. The Morgan fingerprint density at radius 3 is 2.26 bits per heavy atom. The fraction of sp³-hybridized carbons (Fsp3) is 0.625. The van der Waals surface area contributed by atoms with E-state index in [0.717, 1.165) is 17.2 Å². The minimum Gasteiger partial charge on any atom is -0.493 e. The molecular formula is C16H27NO2. The van der Waals surface area contributed by atoms with E-state index in [9.17, 15) is 0 Å². The van der Waals surface area contributed by atoms with Crippen molar-refractivity contribution in [1.82, 2.24) is 0 Å². The van der Waals surface area contributed by atoms with Crippen molar-refractivity contribution >= 4 is 5.69 Å². The van der Waals surface area contributed by atoms with Gasteiger partial charge in [-0.2, -0.15) is 0 Å². The number of rotatable bonds is 9. The quantitative estimate of drug-likeness (QED) is 0.714. The first kappa shape index (κ1) is 15.7. The summed E-state index contributed by atoms with van der Waals surface area (Å²) in [5.74, 6) is 1.59. The number of hydrogen-bond acceptors (Lipinski definition) is 3. The van der Waals surface area contributed by atoms with Crippen molar-refractivity contribution in [1.29, 1.82) is 0 Å². The van der Waals surface area contributed by atoms with Crippen LogP contribution in [0.5, 0.6) is 11.5 Å². The second-order valence-electron chi connectivity index (χ2n) is 4.72. The van der Waals surface area contributed by atoms with E-state index in [0.29, 0.717) is 12.6 Å². The zero-order chi connectivity index (χ0) is 14.1. The van der Waals surface area contributed by atoms with Crippen molar-refractivity contribution in [2.45, 2.75) is 52.5 Å². The molecule has 0 bridgehead atoms. The van der Waals surface area contributed by atoms with Crippen molar-refractivity contribution in [3.63, 3.8) is 0 Å². The zero-order valence-corrected chi connectivity index (χ0v) is 12.7. The molecule has 0 aliphatic rings. The molecule has 19 heavy (non-hydrogen) atoms. The summed E-state index contributed by atoms with van der Waals surface area (Å²) >= 11 is 0. The summed E-state index contributed by atoms with van der Waals surface area (Å²) in [6, 6.07) is 6.59. The predicted octanol–water partition coefficient (Wildman–Crippen LogP) is 4.47. The van der Waals surface area contributed by atoms with Crippen molar-refractivity contribution in [3.8, 4) is 11.5 Å². The molecule has 0 heterocycles. The lowest BCUT2D eigenvalue weighted by molar-refractivity contribution is 0.311. The van der Waals surface area contributed by atoms with E-state index in [1.165, 1.54) is 25.7 Å². The molecule has 0 aliphatic carbocycles. The molecule has 1 aromatic rings. The average molecular weight is 265 g/mol. The maximum atomic E-state index is 5.53. The molecule has 1 aromatic carbocycles. The summed E-state index contributed by atoms with van der Waals surface area (Å²) in [7, 11) is 1.68. The monoisotopic (exact) mass is 265 g/mol. The topological polar surface area (TPSA) is 30.5 Å². The molecular weight excluding hydrogens is 238 g/mol. The van der Waals surface area contributed by atoms with Gasteiger partial charge in [0.1, 0.15) is 0 Å². The number of benzene rings is 1. The van der Waals surface area contributed by atoms with E-state index < -0.39 is 0 Å². The Kier molecular flexibility index (Phi) is 7.16. The predicted molar refractivity (Wildman–Crippen MR) is 81.4 cm³/mol. The Labute approximate surface area is 117 Å². The van der Waals surface area contributed by atoms with Crippen molar-refractivity contribution in [2.24, 2.45) is 0 Å². The molecule has 108 valence electrons. The molecule has 0 unspecified atom stereocenters. The average Bonchev–Trinajstić information content (AvgIpc) is 2.41. The highest BCUT2D eigenvalue weighted by molar-refractivity contribution is 5.55.